The minimum absolute atomic E-state index is 0.149. The molecule has 0 radical (unpaired) electrons. The Hall–Kier alpha value is -1.26. The van der Waals surface area contributed by atoms with Crippen LogP contribution in [0.5, 0.6) is 0 Å². The van der Waals surface area contributed by atoms with Gasteiger partial charge in [-0.05, 0) is 36.5 Å². The van der Waals surface area contributed by atoms with Crippen molar-refractivity contribution >= 4 is 0 Å². The van der Waals surface area contributed by atoms with Crippen molar-refractivity contribution in [3.63, 3.8) is 0 Å². The second-order valence-corrected chi connectivity index (χ2v) is 3.52. The highest BCUT2D eigenvalue weighted by molar-refractivity contribution is 5.47. The lowest BCUT2D eigenvalue weighted by atomic mass is 9.85. The number of hydrogen-bond acceptors (Lipinski definition) is 1. The average Bonchev–Trinajstić information content (AvgIpc) is 2.17. The first kappa shape index (κ1) is 8.34. The number of fused-ring (bicyclic) bond motifs is 1. The average molecular weight is 171 g/mol. The zero-order chi connectivity index (χ0) is 9.26. The van der Waals surface area contributed by atoms with E-state index in [4.69, 9.17) is 12.2 Å². The predicted molar refractivity (Wildman–Crippen MR) is 54.2 cm³/mol. The molecule has 0 saturated heterocycles. The maximum absolute atomic E-state index is 6.03. The van der Waals surface area contributed by atoms with E-state index < -0.39 is 0 Å². The van der Waals surface area contributed by atoms with E-state index in [1.54, 1.807) is 0 Å². The van der Waals surface area contributed by atoms with Crippen molar-refractivity contribution in [2.45, 2.75) is 25.3 Å². The SMILES string of the molecule is C#Cc1cccc2c1[C@@H](N)CCC2. The van der Waals surface area contributed by atoms with E-state index in [1.165, 1.54) is 17.5 Å². The maximum Gasteiger partial charge on any atom is 0.0310 e. The molecule has 0 fully saturated rings. The Balaban J connectivity index is 2.58. The molecule has 0 bridgehead atoms. The fourth-order valence-corrected chi connectivity index (χ4v) is 2.05. The fourth-order valence-electron chi connectivity index (χ4n) is 2.05. The lowest BCUT2D eigenvalue weighted by Crippen LogP contribution is -2.18. The van der Waals surface area contributed by atoms with E-state index in [0.717, 1.165) is 18.4 Å². The summed E-state index contributed by atoms with van der Waals surface area (Å²) in [7, 11) is 0. The van der Waals surface area contributed by atoms with Crippen LogP contribution in [0.4, 0.5) is 0 Å². The zero-order valence-electron chi connectivity index (χ0n) is 7.59. The molecule has 0 heterocycles. The molecule has 1 atom stereocenters. The van der Waals surface area contributed by atoms with Gasteiger partial charge < -0.3 is 5.73 Å². The second kappa shape index (κ2) is 3.24. The molecule has 0 unspecified atom stereocenters. The quantitative estimate of drug-likeness (QED) is 0.594. The summed E-state index contributed by atoms with van der Waals surface area (Å²) >= 11 is 0. The van der Waals surface area contributed by atoms with Gasteiger partial charge in [0.1, 0.15) is 0 Å². The van der Waals surface area contributed by atoms with Crippen LogP contribution in [-0.2, 0) is 6.42 Å². The van der Waals surface area contributed by atoms with Crippen LogP contribution in [0, 0.1) is 12.3 Å². The Morgan fingerprint density at radius 1 is 1.46 bits per heavy atom. The highest BCUT2D eigenvalue weighted by Crippen LogP contribution is 2.30. The van der Waals surface area contributed by atoms with E-state index in [9.17, 15) is 0 Å². The third-order valence-electron chi connectivity index (χ3n) is 2.68. The summed E-state index contributed by atoms with van der Waals surface area (Å²) in [5.74, 6) is 2.71. The van der Waals surface area contributed by atoms with Crippen molar-refractivity contribution in [3.8, 4) is 12.3 Å². The molecule has 1 aromatic rings. The summed E-state index contributed by atoms with van der Waals surface area (Å²) in [5, 5.41) is 0. The minimum Gasteiger partial charge on any atom is -0.324 e. The smallest absolute Gasteiger partial charge is 0.0310 e. The normalized spacial score (nSPS) is 20.5. The van der Waals surface area contributed by atoms with Gasteiger partial charge in [-0.15, -0.1) is 6.42 Å². The highest BCUT2D eigenvalue weighted by atomic mass is 14.6. The molecule has 1 aliphatic carbocycles. The summed E-state index contributed by atoms with van der Waals surface area (Å²) in [6.45, 7) is 0. The lowest BCUT2D eigenvalue weighted by molar-refractivity contribution is 0.569. The van der Waals surface area contributed by atoms with Crippen molar-refractivity contribution in [1.82, 2.24) is 0 Å². The molecule has 0 saturated carbocycles. The summed E-state index contributed by atoms with van der Waals surface area (Å²) < 4.78 is 0. The Labute approximate surface area is 79.0 Å². The molecule has 2 rings (SSSR count). The molecule has 0 aliphatic heterocycles. The molecule has 13 heavy (non-hydrogen) atoms. The van der Waals surface area contributed by atoms with E-state index >= 15 is 0 Å². The molecule has 1 heteroatoms. The first-order chi connectivity index (χ1) is 6.33. The van der Waals surface area contributed by atoms with Gasteiger partial charge in [-0.2, -0.15) is 0 Å². The number of aryl methyl sites for hydroxylation is 1. The van der Waals surface area contributed by atoms with Crippen LogP contribution < -0.4 is 5.73 Å². The van der Waals surface area contributed by atoms with E-state index in [1.807, 2.05) is 12.1 Å². The predicted octanol–water partition coefficient (Wildman–Crippen LogP) is 2.00. The van der Waals surface area contributed by atoms with Gasteiger partial charge in [0.25, 0.3) is 0 Å². The van der Waals surface area contributed by atoms with E-state index in [0.29, 0.717) is 0 Å². The Morgan fingerprint density at radius 2 is 2.31 bits per heavy atom. The third-order valence-corrected chi connectivity index (χ3v) is 2.68. The van der Waals surface area contributed by atoms with E-state index in [2.05, 4.69) is 12.0 Å². The minimum atomic E-state index is 0.149. The van der Waals surface area contributed by atoms with Gasteiger partial charge in [0.05, 0.1) is 0 Å². The van der Waals surface area contributed by atoms with Crippen LogP contribution in [0.2, 0.25) is 0 Å². The van der Waals surface area contributed by atoms with Crippen LogP contribution in [0.15, 0.2) is 18.2 Å². The van der Waals surface area contributed by atoms with Gasteiger partial charge >= 0.3 is 0 Å². The number of rotatable bonds is 0. The molecule has 1 nitrogen and oxygen atoms in total. The zero-order valence-corrected chi connectivity index (χ0v) is 7.59. The Bertz CT molecular complexity index is 360. The number of hydrogen-bond donors (Lipinski definition) is 1. The van der Waals surface area contributed by atoms with Gasteiger partial charge in [0.15, 0.2) is 0 Å². The van der Waals surface area contributed by atoms with Crippen molar-refractivity contribution < 1.29 is 0 Å². The van der Waals surface area contributed by atoms with Gasteiger partial charge in [-0.3, -0.25) is 0 Å². The summed E-state index contributed by atoms with van der Waals surface area (Å²) in [6, 6.07) is 6.28. The summed E-state index contributed by atoms with van der Waals surface area (Å²) in [4.78, 5) is 0. The molecular weight excluding hydrogens is 158 g/mol. The van der Waals surface area contributed by atoms with Crippen molar-refractivity contribution in [2.24, 2.45) is 5.73 Å². The molecule has 0 amide bonds. The second-order valence-electron chi connectivity index (χ2n) is 3.52. The third kappa shape index (κ3) is 1.34. The van der Waals surface area contributed by atoms with Crippen LogP contribution in [-0.4, -0.2) is 0 Å². The fraction of sp³-hybridized carbons (Fsp3) is 0.333. The lowest BCUT2D eigenvalue weighted by Gasteiger charge is -2.23. The Kier molecular flexibility index (Phi) is 2.08. The highest BCUT2D eigenvalue weighted by Gasteiger charge is 2.18. The van der Waals surface area contributed by atoms with Crippen LogP contribution in [0.25, 0.3) is 0 Å². The van der Waals surface area contributed by atoms with Crippen LogP contribution in [0.1, 0.15) is 35.6 Å². The molecule has 1 aromatic carbocycles. The first-order valence-electron chi connectivity index (χ1n) is 4.67. The monoisotopic (exact) mass is 171 g/mol. The van der Waals surface area contributed by atoms with Gasteiger partial charge in [0.2, 0.25) is 0 Å². The summed E-state index contributed by atoms with van der Waals surface area (Å²) in [5.41, 5.74) is 9.55. The number of benzene rings is 1. The van der Waals surface area contributed by atoms with E-state index in [-0.39, 0.29) is 6.04 Å². The standard InChI is InChI=1S/C12H13N/c1-2-9-5-3-6-10-7-4-8-11(13)12(9)10/h1,3,5-6,11H,4,7-8,13H2/t11-/m0/s1. The van der Waals surface area contributed by atoms with Gasteiger partial charge in [0, 0.05) is 11.6 Å². The number of nitrogens with two attached hydrogens (primary N) is 1. The first-order valence-corrected chi connectivity index (χ1v) is 4.67. The molecule has 0 spiro atoms. The molecule has 2 N–H and O–H groups in total. The molecular formula is C12H13N. The van der Waals surface area contributed by atoms with Crippen LogP contribution in [0.3, 0.4) is 0 Å². The van der Waals surface area contributed by atoms with Crippen molar-refractivity contribution in [2.75, 3.05) is 0 Å². The summed E-state index contributed by atoms with van der Waals surface area (Å²) in [6.07, 6.45) is 8.80. The van der Waals surface area contributed by atoms with Gasteiger partial charge in [-0.25, -0.2) is 0 Å². The largest absolute Gasteiger partial charge is 0.324 e. The van der Waals surface area contributed by atoms with Crippen molar-refractivity contribution in [3.05, 3.63) is 34.9 Å². The topological polar surface area (TPSA) is 26.0 Å². The van der Waals surface area contributed by atoms with Gasteiger partial charge in [-0.1, -0.05) is 18.1 Å². The molecule has 66 valence electrons. The van der Waals surface area contributed by atoms with Crippen LogP contribution >= 0.6 is 0 Å². The number of terminal acetylenes is 1. The Morgan fingerprint density at radius 3 is 3.08 bits per heavy atom. The molecule has 1 aliphatic rings. The maximum atomic E-state index is 6.03. The van der Waals surface area contributed by atoms with Crippen molar-refractivity contribution in [1.29, 1.82) is 0 Å². The molecule has 0 aromatic heterocycles.